The minimum absolute atomic E-state index is 0.00869. The zero-order valence-corrected chi connectivity index (χ0v) is 19.4. The number of carbonyl (C=O) groups excluding carboxylic acids is 1. The second-order valence-electron chi connectivity index (χ2n) is 8.51. The van der Waals surface area contributed by atoms with E-state index in [1.165, 1.54) is 12.3 Å². The van der Waals surface area contributed by atoms with Gasteiger partial charge in [0.15, 0.2) is 17.5 Å². The highest BCUT2D eigenvalue weighted by atomic mass is 32.2. The Morgan fingerprint density at radius 2 is 2.06 bits per heavy atom. The maximum Gasteiger partial charge on any atom is 0.273 e. The van der Waals surface area contributed by atoms with Crippen LogP contribution in [0.15, 0.2) is 28.6 Å². The summed E-state index contributed by atoms with van der Waals surface area (Å²) in [6, 6.07) is 4.93. The third kappa shape index (κ3) is 4.66. The van der Waals surface area contributed by atoms with Crippen molar-refractivity contribution >= 4 is 38.9 Å². The van der Waals surface area contributed by atoms with Crippen LogP contribution in [0.25, 0.3) is 10.7 Å². The van der Waals surface area contributed by atoms with Crippen molar-refractivity contribution < 1.29 is 13.2 Å². The fourth-order valence-electron chi connectivity index (χ4n) is 2.74. The van der Waals surface area contributed by atoms with E-state index in [1.807, 2.05) is 6.07 Å². The molecular formula is C21H22N6O3S2. The smallest absolute Gasteiger partial charge is 0.273 e. The van der Waals surface area contributed by atoms with Gasteiger partial charge in [0, 0.05) is 29.3 Å². The Morgan fingerprint density at radius 1 is 1.31 bits per heavy atom. The number of carbonyl (C=O) groups is 1. The molecule has 3 aromatic heterocycles. The molecule has 0 aromatic carbocycles. The molecule has 1 aliphatic rings. The summed E-state index contributed by atoms with van der Waals surface area (Å²) >= 11 is 0.961. The van der Waals surface area contributed by atoms with Crippen LogP contribution in [0.4, 0.5) is 11.6 Å². The summed E-state index contributed by atoms with van der Waals surface area (Å²) in [7, 11) is -4.00. The van der Waals surface area contributed by atoms with Crippen LogP contribution in [0.3, 0.4) is 0 Å². The number of anilines is 2. The first-order chi connectivity index (χ1) is 15.1. The number of nitrogens with one attached hydrogen (secondary N) is 3. The quantitative estimate of drug-likeness (QED) is 0.471. The largest absolute Gasteiger partial charge is 0.322 e. The number of aromatic nitrogens is 4. The second-order valence-corrected chi connectivity index (χ2v) is 11.5. The lowest BCUT2D eigenvalue weighted by atomic mass is 9.96. The summed E-state index contributed by atoms with van der Waals surface area (Å²) in [5.74, 6) is 3.76. The van der Waals surface area contributed by atoms with Crippen LogP contribution in [-0.4, -0.2) is 34.5 Å². The Bertz CT molecular complexity index is 1320. The molecule has 0 radical (unpaired) electrons. The lowest BCUT2D eigenvalue weighted by molar-refractivity contribution is -0.126. The SMILES string of the molecule is C#Cc1cnc(-c2ccc(S(=O)(=O)NC(=O)C(C)(C)C)s2)nc1Nc1cc(C2CC2)[nH]n1. The predicted molar refractivity (Wildman–Crippen MR) is 122 cm³/mol. The van der Waals surface area contributed by atoms with Crippen molar-refractivity contribution in [2.24, 2.45) is 5.41 Å². The van der Waals surface area contributed by atoms with Crippen LogP contribution >= 0.6 is 11.3 Å². The molecule has 1 fully saturated rings. The number of hydrogen-bond donors (Lipinski definition) is 3. The molecule has 11 heteroatoms. The maximum atomic E-state index is 12.6. The Kier molecular flexibility index (Phi) is 5.52. The summed E-state index contributed by atoms with van der Waals surface area (Å²) in [6.07, 6.45) is 9.37. The van der Waals surface area contributed by atoms with Crippen LogP contribution in [-0.2, 0) is 14.8 Å². The van der Waals surface area contributed by atoms with Crippen molar-refractivity contribution in [1.82, 2.24) is 24.9 Å². The minimum Gasteiger partial charge on any atom is -0.322 e. The van der Waals surface area contributed by atoms with Gasteiger partial charge in [-0.05, 0) is 25.0 Å². The van der Waals surface area contributed by atoms with E-state index in [4.69, 9.17) is 6.42 Å². The van der Waals surface area contributed by atoms with Crippen molar-refractivity contribution in [2.45, 2.75) is 43.7 Å². The number of thiophene rings is 1. The number of aromatic amines is 1. The molecule has 0 spiro atoms. The van der Waals surface area contributed by atoms with E-state index in [1.54, 1.807) is 26.8 Å². The molecule has 9 nitrogen and oxygen atoms in total. The van der Waals surface area contributed by atoms with Gasteiger partial charge in [-0.2, -0.15) is 5.10 Å². The molecule has 3 aromatic rings. The van der Waals surface area contributed by atoms with Crippen LogP contribution in [0, 0.1) is 17.8 Å². The standard InChI is InChI=1S/C21H22N6O3S2/c1-5-12-11-22-19(24-18(12)23-16-10-14(25-26-16)13-6-7-13)15-8-9-17(31-15)32(29,30)27-20(28)21(2,3)4/h1,8-11,13H,6-7H2,2-4H3,(H,27,28)(H2,22,23,24,25,26). The average molecular weight is 471 g/mol. The van der Waals surface area contributed by atoms with Crippen molar-refractivity contribution in [3.63, 3.8) is 0 Å². The van der Waals surface area contributed by atoms with E-state index in [0.29, 0.717) is 33.8 Å². The monoisotopic (exact) mass is 470 g/mol. The highest BCUT2D eigenvalue weighted by Gasteiger charge is 2.28. The van der Waals surface area contributed by atoms with E-state index in [9.17, 15) is 13.2 Å². The lowest BCUT2D eigenvalue weighted by Crippen LogP contribution is -2.38. The van der Waals surface area contributed by atoms with Crippen molar-refractivity contribution in [2.75, 3.05) is 5.32 Å². The molecule has 1 aliphatic carbocycles. The first-order valence-electron chi connectivity index (χ1n) is 9.90. The summed E-state index contributed by atoms with van der Waals surface area (Å²) < 4.78 is 27.3. The molecule has 0 atom stereocenters. The van der Waals surface area contributed by atoms with Gasteiger partial charge in [-0.15, -0.1) is 17.8 Å². The summed E-state index contributed by atoms with van der Waals surface area (Å²) in [6.45, 7) is 4.92. The fourth-order valence-corrected chi connectivity index (χ4v) is 5.15. The summed E-state index contributed by atoms with van der Waals surface area (Å²) in [4.78, 5) is 21.4. The van der Waals surface area contributed by atoms with Gasteiger partial charge in [-0.1, -0.05) is 26.7 Å². The Labute approximate surface area is 190 Å². The second kappa shape index (κ2) is 8.03. The molecule has 0 unspecified atom stereocenters. The topological polar surface area (TPSA) is 130 Å². The van der Waals surface area contributed by atoms with Crippen LogP contribution in [0.1, 0.15) is 50.8 Å². The van der Waals surface area contributed by atoms with Crippen LogP contribution in [0.2, 0.25) is 0 Å². The van der Waals surface area contributed by atoms with Gasteiger partial charge in [-0.3, -0.25) is 9.89 Å². The van der Waals surface area contributed by atoms with Gasteiger partial charge < -0.3 is 5.32 Å². The number of nitrogens with zero attached hydrogens (tertiary/aromatic N) is 3. The van der Waals surface area contributed by atoms with Gasteiger partial charge in [0.05, 0.1) is 10.4 Å². The molecule has 1 saturated carbocycles. The minimum atomic E-state index is -4.00. The third-order valence-electron chi connectivity index (χ3n) is 4.78. The van der Waals surface area contributed by atoms with Crippen LogP contribution < -0.4 is 10.0 Å². The molecule has 0 saturated heterocycles. The third-order valence-corrected chi connectivity index (χ3v) is 7.68. The van der Waals surface area contributed by atoms with Gasteiger partial charge in [-0.25, -0.2) is 23.1 Å². The predicted octanol–water partition coefficient (Wildman–Crippen LogP) is 3.38. The lowest BCUT2D eigenvalue weighted by Gasteiger charge is -2.16. The average Bonchev–Trinajstić information content (AvgIpc) is 3.25. The molecule has 0 bridgehead atoms. The molecule has 3 N–H and O–H groups in total. The van der Waals surface area contributed by atoms with E-state index < -0.39 is 21.3 Å². The van der Waals surface area contributed by atoms with Crippen molar-refractivity contribution in [3.8, 4) is 23.0 Å². The zero-order chi connectivity index (χ0) is 23.1. The van der Waals surface area contributed by atoms with E-state index in [-0.39, 0.29) is 4.21 Å². The number of terminal acetylenes is 1. The summed E-state index contributed by atoms with van der Waals surface area (Å²) in [5.41, 5.74) is 0.675. The summed E-state index contributed by atoms with van der Waals surface area (Å²) in [5, 5.41) is 10.4. The molecule has 4 rings (SSSR count). The Hall–Kier alpha value is -3.23. The highest BCUT2D eigenvalue weighted by Crippen LogP contribution is 2.39. The van der Waals surface area contributed by atoms with E-state index in [2.05, 4.69) is 36.1 Å². The van der Waals surface area contributed by atoms with Gasteiger partial charge in [0.1, 0.15) is 4.21 Å². The van der Waals surface area contributed by atoms with Gasteiger partial charge in [0.25, 0.3) is 10.0 Å². The fraction of sp³-hybridized carbons (Fsp3) is 0.333. The molecular weight excluding hydrogens is 448 g/mol. The normalized spacial score (nSPS) is 14.1. The van der Waals surface area contributed by atoms with E-state index in [0.717, 1.165) is 29.9 Å². The Balaban J connectivity index is 1.59. The van der Waals surface area contributed by atoms with Gasteiger partial charge >= 0.3 is 0 Å². The first-order valence-corrected chi connectivity index (χ1v) is 12.2. The number of hydrogen-bond acceptors (Lipinski definition) is 8. The molecule has 0 aliphatic heterocycles. The van der Waals surface area contributed by atoms with Crippen molar-refractivity contribution in [1.29, 1.82) is 0 Å². The number of rotatable bonds is 6. The molecule has 166 valence electrons. The van der Waals surface area contributed by atoms with Crippen LogP contribution in [0.5, 0.6) is 0 Å². The Morgan fingerprint density at radius 3 is 2.72 bits per heavy atom. The van der Waals surface area contributed by atoms with Gasteiger partial charge in [0.2, 0.25) is 5.91 Å². The molecule has 3 heterocycles. The number of sulfonamides is 1. The highest BCUT2D eigenvalue weighted by molar-refractivity contribution is 7.92. The van der Waals surface area contributed by atoms with E-state index >= 15 is 0 Å². The molecule has 1 amide bonds. The first kappa shape index (κ1) is 22.0. The zero-order valence-electron chi connectivity index (χ0n) is 17.8. The number of amides is 1. The number of H-pyrrole nitrogens is 1. The maximum absolute atomic E-state index is 12.6. The molecule has 32 heavy (non-hydrogen) atoms. The van der Waals surface area contributed by atoms with Crippen molar-refractivity contribution in [3.05, 3.63) is 35.7 Å².